The minimum absolute atomic E-state index is 0.227. The lowest BCUT2D eigenvalue weighted by Gasteiger charge is -2.32. The monoisotopic (exact) mass is 452 g/mol. The SMILES string of the molecule is Cc1cc(NC(=O)c2csc(C3CCN(C(=O)OC(C)(C)C)CC3)n2)c2ccccc2n1. The maximum absolute atomic E-state index is 12.9. The number of anilines is 1. The fourth-order valence-corrected chi connectivity index (χ4v) is 4.78. The van der Waals surface area contributed by atoms with Crippen LogP contribution in [0, 0.1) is 6.92 Å². The number of thiazole rings is 1. The third-order valence-electron chi connectivity index (χ3n) is 5.34. The largest absolute Gasteiger partial charge is 0.444 e. The highest BCUT2D eigenvalue weighted by atomic mass is 32.1. The van der Waals surface area contributed by atoms with E-state index in [-0.39, 0.29) is 17.9 Å². The van der Waals surface area contributed by atoms with Crippen LogP contribution < -0.4 is 5.32 Å². The molecule has 7 nitrogen and oxygen atoms in total. The van der Waals surface area contributed by atoms with Gasteiger partial charge in [0.05, 0.1) is 16.2 Å². The van der Waals surface area contributed by atoms with E-state index in [4.69, 9.17) is 4.74 Å². The van der Waals surface area contributed by atoms with Gasteiger partial charge in [0.15, 0.2) is 0 Å². The number of nitrogens with one attached hydrogen (secondary N) is 1. The molecule has 0 unspecified atom stereocenters. The molecule has 1 aromatic carbocycles. The standard InChI is InChI=1S/C24H28N4O3S/c1-15-13-19(17-7-5-6-8-18(17)25-15)26-21(29)20-14-32-22(27-20)16-9-11-28(12-10-16)23(30)31-24(2,3)4/h5-8,13-14,16H,9-12H2,1-4H3,(H,25,26,29). The first kappa shape index (κ1) is 22.2. The van der Waals surface area contributed by atoms with E-state index in [0.717, 1.165) is 40.1 Å². The van der Waals surface area contributed by atoms with Crippen LogP contribution in [0.1, 0.15) is 60.7 Å². The molecule has 1 aliphatic heterocycles. The number of aryl methyl sites for hydroxylation is 1. The van der Waals surface area contributed by atoms with Crippen molar-refractivity contribution in [3.63, 3.8) is 0 Å². The summed E-state index contributed by atoms with van der Waals surface area (Å²) < 4.78 is 5.47. The molecule has 4 rings (SSSR count). The lowest BCUT2D eigenvalue weighted by Crippen LogP contribution is -2.41. The highest BCUT2D eigenvalue weighted by Crippen LogP contribution is 2.31. The van der Waals surface area contributed by atoms with Crippen LogP contribution in [0.2, 0.25) is 0 Å². The second-order valence-corrected chi connectivity index (χ2v) is 9.98. The maximum atomic E-state index is 12.9. The molecule has 0 spiro atoms. The molecule has 3 aromatic rings. The normalized spacial score (nSPS) is 15.1. The molecule has 0 saturated carbocycles. The van der Waals surface area contributed by atoms with Gasteiger partial charge in [0, 0.05) is 35.5 Å². The first-order chi connectivity index (χ1) is 15.2. The summed E-state index contributed by atoms with van der Waals surface area (Å²) in [7, 11) is 0. The quantitative estimate of drug-likeness (QED) is 0.578. The molecule has 0 bridgehead atoms. The van der Waals surface area contributed by atoms with Crippen molar-refractivity contribution in [2.75, 3.05) is 18.4 Å². The van der Waals surface area contributed by atoms with Gasteiger partial charge in [-0.1, -0.05) is 18.2 Å². The van der Waals surface area contributed by atoms with E-state index in [0.29, 0.717) is 18.8 Å². The van der Waals surface area contributed by atoms with Crippen LogP contribution in [0.5, 0.6) is 0 Å². The van der Waals surface area contributed by atoms with Gasteiger partial charge in [0.1, 0.15) is 11.3 Å². The van der Waals surface area contributed by atoms with Crippen molar-refractivity contribution >= 4 is 39.9 Å². The molecule has 0 atom stereocenters. The average Bonchev–Trinajstić information content (AvgIpc) is 3.23. The Morgan fingerprint density at radius 2 is 1.88 bits per heavy atom. The summed E-state index contributed by atoms with van der Waals surface area (Å²) in [5.74, 6) is 0.0127. The van der Waals surface area contributed by atoms with Crippen LogP contribution in [0.3, 0.4) is 0 Å². The first-order valence-corrected chi connectivity index (χ1v) is 11.7. The Hall–Kier alpha value is -3.00. The van der Waals surface area contributed by atoms with Gasteiger partial charge in [-0.05, 0) is 52.7 Å². The number of likely N-dealkylation sites (tertiary alicyclic amines) is 1. The van der Waals surface area contributed by atoms with Crippen LogP contribution in [0.4, 0.5) is 10.5 Å². The second-order valence-electron chi connectivity index (χ2n) is 9.10. The molecular formula is C24H28N4O3S. The van der Waals surface area contributed by atoms with Crippen molar-refractivity contribution in [1.29, 1.82) is 0 Å². The van der Waals surface area contributed by atoms with E-state index in [9.17, 15) is 9.59 Å². The van der Waals surface area contributed by atoms with Crippen LogP contribution in [0.15, 0.2) is 35.7 Å². The maximum Gasteiger partial charge on any atom is 0.410 e. The van der Waals surface area contributed by atoms with E-state index in [1.54, 1.807) is 10.3 Å². The second kappa shape index (κ2) is 8.86. The minimum atomic E-state index is -0.496. The Morgan fingerprint density at radius 3 is 2.59 bits per heavy atom. The topological polar surface area (TPSA) is 84.4 Å². The third-order valence-corrected chi connectivity index (χ3v) is 6.35. The number of piperidine rings is 1. The van der Waals surface area contributed by atoms with Gasteiger partial charge >= 0.3 is 6.09 Å². The molecule has 8 heteroatoms. The van der Waals surface area contributed by atoms with Crippen molar-refractivity contribution in [3.8, 4) is 0 Å². The van der Waals surface area contributed by atoms with E-state index >= 15 is 0 Å². The highest BCUT2D eigenvalue weighted by molar-refractivity contribution is 7.10. The van der Waals surface area contributed by atoms with E-state index in [1.807, 2.05) is 58.0 Å². The molecule has 1 saturated heterocycles. The van der Waals surface area contributed by atoms with Crippen LogP contribution in [-0.4, -0.2) is 45.6 Å². The predicted molar refractivity (Wildman–Crippen MR) is 126 cm³/mol. The average molecular weight is 453 g/mol. The van der Waals surface area contributed by atoms with Gasteiger partial charge in [-0.3, -0.25) is 9.78 Å². The zero-order valence-electron chi connectivity index (χ0n) is 18.8. The molecule has 32 heavy (non-hydrogen) atoms. The Labute approximate surface area is 191 Å². The van der Waals surface area contributed by atoms with Crippen molar-refractivity contribution in [2.45, 2.75) is 52.1 Å². The van der Waals surface area contributed by atoms with Gasteiger partial charge in [-0.25, -0.2) is 9.78 Å². The Bertz CT molecular complexity index is 1140. The number of aromatic nitrogens is 2. The smallest absolute Gasteiger partial charge is 0.410 e. The van der Waals surface area contributed by atoms with Crippen LogP contribution in [-0.2, 0) is 4.74 Å². The minimum Gasteiger partial charge on any atom is -0.444 e. The van der Waals surface area contributed by atoms with Crippen LogP contribution in [0.25, 0.3) is 10.9 Å². The van der Waals surface area contributed by atoms with Gasteiger partial charge < -0.3 is 15.0 Å². The zero-order chi connectivity index (χ0) is 22.9. The lowest BCUT2D eigenvalue weighted by atomic mass is 9.98. The summed E-state index contributed by atoms with van der Waals surface area (Å²) >= 11 is 1.50. The summed E-state index contributed by atoms with van der Waals surface area (Å²) in [4.78, 5) is 36.0. The summed E-state index contributed by atoms with van der Waals surface area (Å²) in [5, 5.41) is 6.64. The zero-order valence-corrected chi connectivity index (χ0v) is 19.7. The van der Waals surface area contributed by atoms with E-state index in [1.165, 1.54) is 11.3 Å². The first-order valence-electron chi connectivity index (χ1n) is 10.8. The van der Waals surface area contributed by atoms with Crippen LogP contribution >= 0.6 is 11.3 Å². The molecule has 0 aliphatic carbocycles. The molecule has 2 amide bonds. The van der Waals surface area contributed by atoms with Gasteiger partial charge in [0.25, 0.3) is 5.91 Å². The molecule has 168 valence electrons. The number of hydrogen-bond acceptors (Lipinski definition) is 6. The van der Waals surface area contributed by atoms with Gasteiger partial charge in [0.2, 0.25) is 0 Å². The number of carbonyl (C=O) groups is 2. The summed E-state index contributed by atoms with van der Waals surface area (Å²) in [6.45, 7) is 8.78. The Kier molecular flexibility index (Phi) is 6.15. The van der Waals surface area contributed by atoms with Crippen molar-refractivity contribution in [1.82, 2.24) is 14.9 Å². The number of carbonyl (C=O) groups excluding carboxylic acids is 2. The Balaban J connectivity index is 1.41. The molecular weight excluding hydrogens is 424 g/mol. The number of pyridine rings is 1. The Morgan fingerprint density at radius 1 is 1.16 bits per heavy atom. The third kappa shape index (κ3) is 5.07. The number of benzene rings is 1. The number of amides is 2. The van der Waals surface area contributed by atoms with Crippen molar-refractivity contribution < 1.29 is 14.3 Å². The fourth-order valence-electron chi connectivity index (χ4n) is 3.81. The van der Waals surface area contributed by atoms with Crippen molar-refractivity contribution in [3.05, 3.63) is 52.1 Å². The molecule has 2 aromatic heterocycles. The number of rotatable bonds is 3. The lowest BCUT2D eigenvalue weighted by molar-refractivity contribution is 0.0204. The predicted octanol–water partition coefficient (Wildman–Crippen LogP) is 5.37. The number of para-hydroxylation sites is 1. The molecule has 1 aliphatic rings. The van der Waals surface area contributed by atoms with Gasteiger partial charge in [-0.2, -0.15) is 0 Å². The number of nitrogens with zero attached hydrogens (tertiary/aromatic N) is 3. The summed E-state index contributed by atoms with van der Waals surface area (Å²) in [5.41, 5.74) is 2.34. The van der Waals surface area contributed by atoms with Gasteiger partial charge in [-0.15, -0.1) is 11.3 Å². The van der Waals surface area contributed by atoms with E-state index < -0.39 is 5.60 Å². The number of ether oxygens (including phenoxy) is 1. The van der Waals surface area contributed by atoms with E-state index in [2.05, 4.69) is 15.3 Å². The fraction of sp³-hybridized carbons (Fsp3) is 0.417. The van der Waals surface area contributed by atoms with Crippen molar-refractivity contribution in [2.24, 2.45) is 0 Å². The highest BCUT2D eigenvalue weighted by Gasteiger charge is 2.29. The molecule has 1 N–H and O–H groups in total. The summed E-state index contributed by atoms with van der Waals surface area (Å²) in [6, 6.07) is 9.62. The number of hydrogen-bond donors (Lipinski definition) is 1. The number of fused-ring (bicyclic) bond motifs is 1. The molecule has 3 heterocycles. The molecule has 0 radical (unpaired) electrons. The molecule has 1 fully saturated rings. The summed E-state index contributed by atoms with van der Waals surface area (Å²) in [6.07, 6.45) is 1.35.